The van der Waals surface area contributed by atoms with Gasteiger partial charge in [0, 0.05) is 19.0 Å². The highest BCUT2D eigenvalue weighted by Gasteiger charge is 2.02. The summed E-state index contributed by atoms with van der Waals surface area (Å²) in [6.45, 7) is 2.13. The summed E-state index contributed by atoms with van der Waals surface area (Å²) in [4.78, 5) is 8.33. The predicted octanol–water partition coefficient (Wildman–Crippen LogP) is 0.911. The second kappa shape index (κ2) is 5.04. The van der Waals surface area contributed by atoms with Crippen molar-refractivity contribution in [3.63, 3.8) is 0 Å². The van der Waals surface area contributed by atoms with Gasteiger partial charge in [-0.2, -0.15) is 0 Å². The third-order valence-electron chi connectivity index (χ3n) is 1.48. The Hall–Kier alpha value is -0.810. The molecule has 0 bridgehead atoms. The number of aryl methyl sites for hydroxylation is 1. The maximum absolute atomic E-state index is 8.67. The Morgan fingerprint density at radius 3 is 3.00 bits per heavy atom. The molecule has 1 rings (SSSR count). The van der Waals surface area contributed by atoms with E-state index in [-0.39, 0.29) is 6.61 Å². The number of hydrogen-bond acceptors (Lipinski definition) is 5. The highest BCUT2D eigenvalue weighted by atomic mass is 32.2. The van der Waals surface area contributed by atoms with Gasteiger partial charge in [0.2, 0.25) is 5.95 Å². The number of aromatic nitrogens is 2. The maximum atomic E-state index is 8.67. The van der Waals surface area contributed by atoms with Gasteiger partial charge in [-0.1, -0.05) is 0 Å². The first-order valence-corrected chi connectivity index (χ1v) is 5.01. The molecule has 0 atom stereocenters. The van der Waals surface area contributed by atoms with Gasteiger partial charge in [-0.15, -0.1) is 11.8 Å². The minimum Gasteiger partial charge on any atom is -0.396 e. The van der Waals surface area contributed by atoms with Gasteiger partial charge in [0.05, 0.1) is 6.61 Å². The Kier molecular flexibility index (Phi) is 3.98. The van der Waals surface area contributed by atoms with E-state index in [0.717, 1.165) is 10.6 Å². The molecule has 72 valence electrons. The Morgan fingerprint density at radius 2 is 2.38 bits per heavy atom. The number of thioether (sulfide) groups is 1. The summed E-state index contributed by atoms with van der Waals surface area (Å²) in [5.74, 6) is 1.28. The molecule has 1 aromatic heterocycles. The van der Waals surface area contributed by atoms with Crippen LogP contribution in [0.4, 0.5) is 5.95 Å². The minimum absolute atomic E-state index is 0.170. The predicted molar refractivity (Wildman–Crippen MR) is 54.1 cm³/mol. The highest BCUT2D eigenvalue weighted by Crippen LogP contribution is 2.19. The van der Waals surface area contributed by atoms with Gasteiger partial charge < -0.3 is 10.4 Å². The fourth-order valence-electron chi connectivity index (χ4n) is 0.835. The van der Waals surface area contributed by atoms with Gasteiger partial charge in [-0.3, -0.25) is 0 Å². The zero-order valence-corrected chi connectivity index (χ0v) is 8.56. The summed E-state index contributed by atoms with van der Waals surface area (Å²) < 4.78 is 0. The van der Waals surface area contributed by atoms with Crippen molar-refractivity contribution in [2.24, 2.45) is 0 Å². The van der Waals surface area contributed by atoms with E-state index < -0.39 is 0 Å². The fourth-order valence-corrected chi connectivity index (χ4v) is 1.55. The molecule has 0 fully saturated rings. The van der Waals surface area contributed by atoms with Crippen molar-refractivity contribution in [1.82, 2.24) is 9.97 Å². The molecule has 5 heteroatoms. The largest absolute Gasteiger partial charge is 0.396 e. The van der Waals surface area contributed by atoms with Crippen LogP contribution in [0, 0.1) is 6.92 Å². The zero-order chi connectivity index (χ0) is 9.68. The fraction of sp³-hybridized carbons (Fsp3) is 0.500. The Labute approximate surface area is 81.8 Å². The van der Waals surface area contributed by atoms with E-state index in [4.69, 9.17) is 5.11 Å². The quantitative estimate of drug-likeness (QED) is 0.557. The number of nitrogens with one attached hydrogen (secondary N) is 1. The van der Waals surface area contributed by atoms with Crippen LogP contribution < -0.4 is 5.32 Å². The Balaban J connectivity index is 2.78. The maximum Gasteiger partial charge on any atom is 0.223 e. The number of rotatable bonds is 4. The second-order valence-corrected chi connectivity index (χ2v) is 3.59. The average molecular weight is 199 g/mol. The number of hydrogen-bond donors (Lipinski definition) is 2. The number of nitrogens with zero attached hydrogens (tertiary/aromatic N) is 2. The molecule has 0 radical (unpaired) electrons. The van der Waals surface area contributed by atoms with Crippen molar-refractivity contribution in [3.8, 4) is 0 Å². The van der Waals surface area contributed by atoms with Crippen LogP contribution in [-0.4, -0.2) is 34.5 Å². The summed E-state index contributed by atoms with van der Waals surface area (Å²) in [7, 11) is 1.78. The van der Waals surface area contributed by atoms with Crippen molar-refractivity contribution in [2.75, 3.05) is 24.7 Å². The van der Waals surface area contributed by atoms with E-state index in [1.165, 1.54) is 11.8 Å². The molecule has 13 heavy (non-hydrogen) atoms. The van der Waals surface area contributed by atoms with E-state index in [1.807, 2.05) is 6.92 Å². The molecule has 0 aliphatic carbocycles. The topological polar surface area (TPSA) is 58.0 Å². The smallest absolute Gasteiger partial charge is 0.223 e. The minimum atomic E-state index is 0.170. The number of aliphatic hydroxyl groups is 1. The lowest BCUT2D eigenvalue weighted by molar-refractivity contribution is 0.322. The van der Waals surface area contributed by atoms with Gasteiger partial charge in [0.25, 0.3) is 0 Å². The van der Waals surface area contributed by atoms with Crippen LogP contribution >= 0.6 is 11.8 Å². The third kappa shape index (κ3) is 2.86. The molecule has 2 N–H and O–H groups in total. The summed E-state index contributed by atoms with van der Waals surface area (Å²) in [6, 6.07) is 0. The van der Waals surface area contributed by atoms with Crippen LogP contribution in [0.3, 0.4) is 0 Å². The van der Waals surface area contributed by atoms with Crippen LogP contribution in [0.1, 0.15) is 5.56 Å². The summed E-state index contributed by atoms with van der Waals surface area (Å²) in [5, 5.41) is 12.5. The average Bonchev–Trinajstić information content (AvgIpc) is 2.17. The Bertz CT molecular complexity index is 280. The van der Waals surface area contributed by atoms with Crippen LogP contribution in [0.5, 0.6) is 0 Å². The Morgan fingerprint density at radius 1 is 1.62 bits per heavy atom. The van der Waals surface area contributed by atoms with Crippen molar-refractivity contribution < 1.29 is 5.11 Å². The molecule has 1 aromatic rings. The van der Waals surface area contributed by atoms with Gasteiger partial charge in [0.1, 0.15) is 5.03 Å². The van der Waals surface area contributed by atoms with Gasteiger partial charge in [-0.25, -0.2) is 9.97 Å². The van der Waals surface area contributed by atoms with Crippen LogP contribution in [0.2, 0.25) is 0 Å². The van der Waals surface area contributed by atoms with Crippen molar-refractivity contribution >= 4 is 17.7 Å². The zero-order valence-electron chi connectivity index (χ0n) is 7.74. The monoisotopic (exact) mass is 199 g/mol. The molecule has 0 aromatic carbocycles. The number of aliphatic hydroxyl groups excluding tert-OH is 1. The lowest BCUT2D eigenvalue weighted by Crippen LogP contribution is -1.99. The van der Waals surface area contributed by atoms with Crippen LogP contribution in [-0.2, 0) is 0 Å². The first-order valence-electron chi connectivity index (χ1n) is 4.03. The highest BCUT2D eigenvalue weighted by molar-refractivity contribution is 7.99. The molecule has 0 unspecified atom stereocenters. The van der Waals surface area contributed by atoms with E-state index in [0.29, 0.717) is 11.7 Å². The molecule has 0 aliphatic heterocycles. The summed E-state index contributed by atoms with van der Waals surface area (Å²) >= 11 is 1.54. The molecule has 0 saturated carbocycles. The molecule has 1 heterocycles. The third-order valence-corrected chi connectivity index (χ3v) is 2.55. The van der Waals surface area contributed by atoms with E-state index in [2.05, 4.69) is 15.3 Å². The molecule has 4 nitrogen and oxygen atoms in total. The standard InChI is InChI=1S/C8H13N3OS/c1-6-5-10-8(9-2)11-7(6)13-4-3-12/h5,12H,3-4H2,1-2H3,(H,9,10,11). The molecule has 0 spiro atoms. The molecular weight excluding hydrogens is 186 g/mol. The van der Waals surface area contributed by atoms with Crippen molar-refractivity contribution in [1.29, 1.82) is 0 Å². The van der Waals surface area contributed by atoms with Crippen LogP contribution in [0.15, 0.2) is 11.2 Å². The lowest BCUT2D eigenvalue weighted by atomic mass is 10.4. The summed E-state index contributed by atoms with van der Waals surface area (Å²) in [6.07, 6.45) is 1.78. The lowest BCUT2D eigenvalue weighted by Gasteiger charge is -2.04. The van der Waals surface area contributed by atoms with Gasteiger partial charge in [-0.05, 0) is 12.5 Å². The molecular formula is C8H13N3OS. The van der Waals surface area contributed by atoms with Gasteiger partial charge in [0.15, 0.2) is 0 Å². The molecule has 0 amide bonds. The SMILES string of the molecule is CNc1ncc(C)c(SCCO)n1. The second-order valence-electron chi connectivity index (χ2n) is 2.50. The van der Waals surface area contributed by atoms with E-state index in [1.54, 1.807) is 13.2 Å². The van der Waals surface area contributed by atoms with Gasteiger partial charge >= 0.3 is 0 Å². The van der Waals surface area contributed by atoms with Crippen molar-refractivity contribution in [2.45, 2.75) is 11.9 Å². The number of anilines is 1. The first kappa shape index (κ1) is 10.3. The molecule has 0 aliphatic rings. The normalized spacial score (nSPS) is 10.1. The van der Waals surface area contributed by atoms with E-state index in [9.17, 15) is 0 Å². The first-order chi connectivity index (χ1) is 6.27. The van der Waals surface area contributed by atoms with Crippen molar-refractivity contribution in [3.05, 3.63) is 11.8 Å². The van der Waals surface area contributed by atoms with Crippen LogP contribution in [0.25, 0.3) is 0 Å². The molecule has 0 saturated heterocycles. The summed E-state index contributed by atoms with van der Waals surface area (Å²) in [5.41, 5.74) is 1.04. The van der Waals surface area contributed by atoms with E-state index >= 15 is 0 Å².